The lowest BCUT2D eigenvalue weighted by molar-refractivity contribution is -0.387. The van der Waals surface area contributed by atoms with Crippen LogP contribution in [0.5, 0.6) is 0 Å². The summed E-state index contributed by atoms with van der Waals surface area (Å²) in [6, 6.07) is 13.0. The molecule has 0 fully saturated rings. The number of para-hydroxylation sites is 1. The molecule has 1 aromatic heterocycles. The lowest BCUT2D eigenvalue weighted by Crippen LogP contribution is -2.13. The topological polar surface area (TPSA) is 90.1 Å². The molecule has 0 spiro atoms. The summed E-state index contributed by atoms with van der Waals surface area (Å²) in [7, 11) is 0. The predicted octanol–water partition coefficient (Wildman–Crippen LogP) is 4.11. The monoisotopic (exact) mass is 382 g/mol. The highest BCUT2D eigenvalue weighted by Crippen LogP contribution is 2.23. The number of nitro benzene ring substituents is 1. The molecule has 1 amide bonds. The molecule has 0 radical (unpaired) electrons. The average molecular weight is 382 g/mol. The third-order valence-corrected chi connectivity index (χ3v) is 4.47. The third-order valence-electron chi connectivity index (χ3n) is 4.47. The van der Waals surface area contributed by atoms with Crippen LogP contribution in [0.25, 0.3) is 5.69 Å². The highest BCUT2D eigenvalue weighted by atomic mass is 19.1. The van der Waals surface area contributed by atoms with Gasteiger partial charge in [0.25, 0.3) is 0 Å². The fourth-order valence-corrected chi connectivity index (χ4v) is 3.05. The molecule has 0 bridgehead atoms. The summed E-state index contributed by atoms with van der Waals surface area (Å²) in [4.78, 5) is 22.2. The van der Waals surface area contributed by atoms with Crippen LogP contribution in [0.4, 0.5) is 15.8 Å². The number of rotatable bonds is 6. The number of carbonyl (C=O) groups excluding carboxylic acids is 1. The summed E-state index contributed by atoms with van der Waals surface area (Å²) in [5.41, 5.74) is 3.22. The van der Waals surface area contributed by atoms with Gasteiger partial charge in [-0.25, -0.2) is 4.68 Å². The van der Waals surface area contributed by atoms with E-state index in [1.54, 1.807) is 0 Å². The van der Waals surface area contributed by atoms with Gasteiger partial charge >= 0.3 is 5.69 Å². The normalized spacial score (nSPS) is 10.7. The van der Waals surface area contributed by atoms with Gasteiger partial charge in [-0.05, 0) is 50.1 Å². The van der Waals surface area contributed by atoms with Crippen molar-refractivity contribution in [2.75, 3.05) is 5.32 Å². The van der Waals surface area contributed by atoms with E-state index in [0.717, 1.165) is 34.8 Å². The first kappa shape index (κ1) is 19.2. The predicted molar refractivity (Wildman–Crippen MR) is 103 cm³/mol. The van der Waals surface area contributed by atoms with Crippen molar-refractivity contribution in [1.29, 1.82) is 0 Å². The van der Waals surface area contributed by atoms with Crippen LogP contribution in [0.3, 0.4) is 0 Å². The van der Waals surface area contributed by atoms with Crippen molar-refractivity contribution in [1.82, 2.24) is 9.78 Å². The number of anilines is 1. The van der Waals surface area contributed by atoms with Crippen LogP contribution < -0.4 is 5.32 Å². The van der Waals surface area contributed by atoms with Gasteiger partial charge in [-0.3, -0.25) is 14.9 Å². The molecule has 28 heavy (non-hydrogen) atoms. The molecule has 3 aromatic rings. The molecule has 0 aliphatic carbocycles. The standard InChI is InChI=1S/C20H19FN4O3/c1-13-17(14(2)24(23-13)16-6-4-3-5-7-16)9-11-20(26)22-15-8-10-18(21)19(12-15)25(27)28/h3-8,10,12H,9,11H2,1-2H3,(H,22,26). The van der Waals surface area contributed by atoms with Gasteiger partial charge in [0.2, 0.25) is 11.7 Å². The van der Waals surface area contributed by atoms with Crippen LogP contribution in [0, 0.1) is 29.8 Å². The number of amides is 1. The van der Waals surface area contributed by atoms with E-state index in [9.17, 15) is 19.3 Å². The van der Waals surface area contributed by atoms with Crippen molar-refractivity contribution in [3.05, 3.63) is 81.4 Å². The maximum Gasteiger partial charge on any atom is 0.306 e. The Balaban J connectivity index is 1.69. The Hall–Kier alpha value is -3.55. The fraction of sp³-hybridized carbons (Fsp3) is 0.200. The molecular weight excluding hydrogens is 363 g/mol. The van der Waals surface area contributed by atoms with Crippen molar-refractivity contribution in [3.63, 3.8) is 0 Å². The number of aromatic nitrogens is 2. The van der Waals surface area contributed by atoms with E-state index in [2.05, 4.69) is 10.4 Å². The molecule has 3 rings (SSSR count). The highest BCUT2D eigenvalue weighted by Gasteiger charge is 2.17. The van der Waals surface area contributed by atoms with Crippen LogP contribution in [0.2, 0.25) is 0 Å². The molecule has 0 unspecified atom stereocenters. The second kappa shape index (κ2) is 7.99. The van der Waals surface area contributed by atoms with E-state index in [1.165, 1.54) is 6.07 Å². The Kier molecular flexibility index (Phi) is 5.49. The molecule has 0 saturated carbocycles. The molecule has 2 aromatic carbocycles. The molecule has 144 valence electrons. The van der Waals surface area contributed by atoms with Crippen molar-refractivity contribution in [2.24, 2.45) is 0 Å². The third kappa shape index (κ3) is 4.06. The van der Waals surface area contributed by atoms with Crippen molar-refractivity contribution < 1.29 is 14.1 Å². The quantitative estimate of drug-likeness (QED) is 0.513. The largest absolute Gasteiger partial charge is 0.326 e. The molecule has 1 N–H and O–H groups in total. The van der Waals surface area contributed by atoms with Crippen LogP contribution in [-0.2, 0) is 11.2 Å². The summed E-state index contributed by atoms with van der Waals surface area (Å²) in [6.07, 6.45) is 0.646. The SMILES string of the molecule is Cc1nn(-c2ccccc2)c(C)c1CCC(=O)Nc1ccc(F)c([N+](=O)[O-])c1. The smallest absolute Gasteiger partial charge is 0.306 e. The summed E-state index contributed by atoms with van der Waals surface area (Å²) in [6.45, 7) is 3.84. The van der Waals surface area contributed by atoms with Crippen molar-refractivity contribution >= 4 is 17.3 Å². The first-order valence-electron chi connectivity index (χ1n) is 8.71. The van der Waals surface area contributed by atoms with Crippen LogP contribution in [0.15, 0.2) is 48.5 Å². The summed E-state index contributed by atoms with van der Waals surface area (Å²) in [5.74, 6) is -1.25. The lowest BCUT2D eigenvalue weighted by atomic mass is 10.1. The Morgan fingerprint density at radius 2 is 1.93 bits per heavy atom. The average Bonchev–Trinajstić information content (AvgIpc) is 2.96. The van der Waals surface area contributed by atoms with Crippen LogP contribution >= 0.6 is 0 Å². The van der Waals surface area contributed by atoms with E-state index < -0.39 is 16.4 Å². The van der Waals surface area contributed by atoms with Gasteiger partial charge < -0.3 is 5.32 Å². The zero-order chi connectivity index (χ0) is 20.3. The van der Waals surface area contributed by atoms with Gasteiger partial charge in [-0.1, -0.05) is 18.2 Å². The van der Waals surface area contributed by atoms with Gasteiger partial charge in [0.05, 0.1) is 16.3 Å². The molecule has 0 aliphatic rings. The lowest BCUT2D eigenvalue weighted by Gasteiger charge is -2.07. The van der Waals surface area contributed by atoms with Gasteiger partial charge in [0.15, 0.2) is 0 Å². The first-order chi connectivity index (χ1) is 13.4. The molecule has 0 saturated heterocycles. The number of hydrogen-bond acceptors (Lipinski definition) is 4. The van der Waals surface area contributed by atoms with Crippen molar-refractivity contribution in [3.8, 4) is 5.69 Å². The molecule has 0 atom stereocenters. The van der Waals surface area contributed by atoms with Crippen LogP contribution in [0.1, 0.15) is 23.4 Å². The van der Waals surface area contributed by atoms with E-state index in [1.807, 2.05) is 48.9 Å². The van der Waals surface area contributed by atoms with Gasteiger partial charge in [0, 0.05) is 23.9 Å². The number of halogens is 1. The summed E-state index contributed by atoms with van der Waals surface area (Å²) >= 11 is 0. The molecular formula is C20H19FN4O3. The van der Waals surface area contributed by atoms with Gasteiger partial charge in [-0.2, -0.15) is 9.49 Å². The minimum absolute atomic E-state index is 0.174. The van der Waals surface area contributed by atoms with E-state index >= 15 is 0 Å². The number of nitrogens with zero attached hydrogens (tertiary/aromatic N) is 3. The van der Waals surface area contributed by atoms with E-state index in [0.29, 0.717) is 6.42 Å². The zero-order valence-electron chi connectivity index (χ0n) is 15.5. The summed E-state index contributed by atoms with van der Waals surface area (Å²) in [5, 5.41) is 17.9. The number of hydrogen-bond donors (Lipinski definition) is 1. The number of nitro groups is 1. The fourth-order valence-electron chi connectivity index (χ4n) is 3.05. The summed E-state index contributed by atoms with van der Waals surface area (Å²) < 4.78 is 15.2. The second-order valence-corrected chi connectivity index (χ2v) is 6.37. The zero-order valence-corrected chi connectivity index (χ0v) is 15.5. The Labute approximate surface area is 161 Å². The number of benzene rings is 2. The van der Waals surface area contributed by atoms with Gasteiger partial charge in [-0.15, -0.1) is 0 Å². The maximum absolute atomic E-state index is 13.4. The minimum atomic E-state index is -0.942. The molecule has 1 heterocycles. The molecule has 8 heteroatoms. The Bertz CT molecular complexity index is 1030. The number of carbonyl (C=O) groups is 1. The number of aryl methyl sites for hydroxylation is 1. The van der Waals surface area contributed by atoms with Crippen molar-refractivity contribution in [2.45, 2.75) is 26.7 Å². The minimum Gasteiger partial charge on any atom is -0.326 e. The van der Waals surface area contributed by atoms with Crippen LogP contribution in [-0.4, -0.2) is 20.6 Å². The van der Waals surface area contributed by atoms with E-state index in [4.69, 9.17) is 0 Å². The second-order valence-electron chi connectivity index (χ2n) is 6.37. The Morgan fingerprint density at radius 1 is 1.21 bits per heavy atom. The molecule has 7 nitrogen and oxygen atoms in total. The molecule has 0 aliphatic heterocycles. The number of nitrogens with one attached hydrogen (secondary N) is 1. The Morgan fingerprint density at radius 3 is 2.61 bits per heavy atom. The first-order valence-corrected chi connectivity index (χ1v) is 8.71. The maximum atomic E-state index is 13.4. The van der Waals surface area contributed by atoms with E-state index in [-0.39, 0.29) is 18.0 Å². The highest BCUT2D eigenvalue weighted by molar-refractivity contribution is 5.91. The van der Waals surface area contributed by atoms with Gasteiger partial charge in [0.1, 0.15) is 0 Å².